The number of morpholine rings is 1. The zero-order valence-corrected chi connectivity index (χ0v) is 15.2. The third-order valence-corrected chi connectivity index (χ3v) is 4.45. The fraction of sp³-hybridized carbons (Fsp3) is 0.556. The summed E-state index contributed by atoms with van der Waals surface area (Å²) in [5.41, 5.74) is 3.32. The third-order valence-electron chi connectivity index (χ3n) is 4.45. The van der Waals surface area contributed by atoms with Gasteiger partial charge in [-0.05, 0) is 18.6 Å². The molecular weight excluding hydrogens is 316 g/mol. The molecule has 3 rings (SSSR count). The summed E-state index contributed by atoms with van der Waals surface area (Å²) in [4.78, 5) is 11.4. The second kappa shape index (κ2) is 8.82. The molecule has 0 spiro atoms. The predicted octanol–water partition coefficient (Wildman–Crippen LogP) is 0.682. The van der Waals surface area contributed by atoms with Crippen LogP contribution < -0.4 is 10.6 Å². The highest BCUT2D eigenvalue weighted by atomic mass is 16.5. The van der Waals surface area contributed by atoms with Crippen molar-refractivity contribution in [2.45, 2.75) is 13.3 Å². The number of aryl methyl sites for hydroxylation is 1. The Kier molecular flexibility index (Phi) is 6.25. The molecule has 2 N–H and O–H groups in total. The van der Waals surface area contributed by atoms with E-state index in [1.54, 1.807) is 7.05 Å². The van der Waals surface area contributed by atoms with E-state index in [-0.39, 0.29) is 0 Å². The third kappa shape index (κ3) is 4.93. The Labute approximate surface area is 149 Å². The second-order valence-corrected chi connectivity index (χ2v) is 6.28. The van der Waals surface area contributed by atoms with Crippen LogP contribution in [0.3, 0.4) is 0 Å². The van der Waals surface area contributed by atoms with Crippen molar-refractivity contribution in [2.24, 2.45) is 4.99 Å². The van der Waals surface area contributed by atoms with Crippen molar-refractivity contribution in [3.05, 3.63) is 35.8 Å². The number of aromatic nitrogens is 2. The largest absolute Gasteiger partial charge is 0.379 e. The molecule has 136 valence electrons. The first-order valence-electron chi connectivity index (χ1n) is 8.94. The molecule has 0 unspecified atom stereocenters. The number of nitrogens with zero attached hydrogens (tertiary/aromatic N) is 4. The van der Waals surface area contributed by atoms with Gasteiger partial charge < -0.3 is 19.8 Å². The van der Waals surface area contributed by atoms with Crippen molar-refractivity contribution in [3.8, 4) is 0 Å². The number of guanidine groups is 1. The van der Waals surface area contributed by atoms with Gasteiger partial charge in [0.25, 0.3) is 0 Å². The van der Waals surface area contributed by atoms with Gasteiger partial charge in [0.2, 0.25) is 0 Å². The lowest BCUT2D eigenvalue weighted by Gasteiger charge is -2.26. The van der Waals surface area contributed by atoms with Gasteiger partial charge in [0.1, 0.15) is 5.65 Å². The van der Waals surface area contributed by atoms with Crippen LogP contribution in [0.5, 0.6) is 0 Å². The Bertz CT molecular complexity index is 705. The number of hydrogen-bond donors (Lipinski definition) is 2. The standard InChI is InChI=1S/C18H28N6O/c1-15-4-3-8-24-14-16(22-17(15)24)5-6-20-18(19-2)21-7-9-23-10-12-25-13-11-23/h3-4,8,14H,5-7,9-13H2,1-2H3,(H2,19,20,21). The van der Waals surface area contributed by atoms with Gasteiger partial charge in [0.05, 0.1) is 18.9 Å². The fourth-order valence-corrected chi connectivity index (χ4v) is 3.01. The summed E-state index contributed by atoms with van der Waals surface area (Å²) in [5, 5.41) is 6.73. The van der Waals surface area contributed by atoms with E-state index in [9.17, 15) is 0 Å². The summed E-state index contributed by atoms with van der Waals surface area (Å²) in [6.45, 7) is 8.49. The molecule has 1 fully saturated rings. The van der Waals surface area contributed by atoms with E-state index >= 15 is 0 Å². The Balaban J connectivity index is 1.40. The summed E-state index contributed by atoms with van der Waals surface area (Å²) in [5.74, 6) is 0.841. The molecule has 0 bridgehead atoms. The molecule has 7 heteroatoms. The van der Waals surface area contributed by atoms with Crippen LogP contribution in [0.2, 0.25) is 0 Å². The molecule has 0 amide bonds. The van der Waals surface area contributed by atoms with Crippen LogP contribution in [0, 0.1) is 6.92 Å². The van der Waals surface area contributed by atoms with E-state index in [1.807, 2.05) is 12.3 Å². The van der Waals surface area contributed by atoms with Crippen LogP contribution in [-0.4, -0.2) is 73.2 Å². The summed E-state index contributed by atoms with van der Waals surface area (Å²) in [6, 6.07) is 4.14. The molecule has 0 radical (unpaired) electrons. The van der Waals surface area contributed by atoms with Gasteiger partial charge >= 0.3 is 0 Å². The van der Waals surface area contributed by atoms with Gasteiger partial charge in [-0.15, -0.1) is 0 Å². The lowest BCUT2D eigenvalue weighted by molar-refractivity contribution is 0.0389. The molecule has 0 atom stereocenters. The number of hydrogen-bond acceptors (Lipinski definition) is 4. The van der Waals surface area contributed by atoms with Crippen molar-refractivity contribution in [1.29, 1.82) is 0 Å². The Morgan fingerprint density at radius 1 is 1.28 bits per heavy atom. The van der Waals surface area contributed by atoms with E-state index in [4.69, 9.17) is 9.72 Å². The van der Waals surface area contributed by atoms with Gasteiger partial charge in [0, 0.05) is 58.6 Å². The molecule has 0 saturated carbocycles. The highest BCUT2D eigenvalue weighted by Gasteiger charge is 2.09. The second-order valence-electron chi connectivity index (χ2n) is 6.28. The van der Waals surface area contributed by atoms with Crippen molar-refractivity contribution in [3.63, 3.8) is 0 Å². The summed E-state index contributed by atoms with van der Waals surface area (Å²) in [7, 11) is 1.80. The van der Waals surface area contributed by atoms with Crippen molar-refractivity contribution < 1.29 is 4.74 Å². The highest BCUT2D eigenvalue weighted by Crippen LogP contribution is 2.09. The van der Waals surface area contributed by atoms with Gasteiger partial charge in [-0.3, -0.25) is 9.89 Å². The Morgan fingerprint density at radius 3 is 2.84 bits per heavy atom. The first-order chi connectivity index (χ1) is 12.3. The van der Waals surface area contributed by atoms with Crippen LogP contribution in [0.4, 0.5) is 0 Å². The van der Waals surface area contributed by atoms with Gasteiger partial charge in [-0.1, -0.05) is 6.07 Å². The molecule has 1 aliphatic heterocycles. The molecule has 1 saturated heterocycles. The number of nitrogens with one attached hydrogen (secondary N) is 2. The number of imidazole rings is 1. The zero-order valence-electron chi connectivity index (χ0n) is 15.2. The normalized spacial score (nSPS) is 16.3. The Hall–Kier alpha value is -2.12. The van der Waals surface area contributed by atoms with Crippen LogP contribution in [0.1, 0.15) is 11.3 Å². The smallest absolute Gasteiger partial charge is 0.191 e. The maximum Gasteiger partial charge on any atom is 0.191 e. The topological polar surface area (TPSA) is 66.2 Å². The van der Waals surface area contributed by atoms with Crippen molar-refractivity contribution >= 4 is 11.6 Å². The maximum absolute atomic E-state index is 5.37. The molecular formula is C18H28N6O. The maximum atomic E-state index is 5.37. The van der Waals surface area contributed by atoms with E-state index in [0.717, 1.165) is 69.7 Å². The van der Waals surface area contributed by atoms with Gasteiger partial charge in [-0.25, -0.2) is 4.98 Å². The SMILES string of the molecule is CN=C(NCCc1cn2cccc(C)c2n1)NCCN1CCOCC1. The Morgan fingerprint density at radius 2 is 2.08 bits per heavy atom. The molecule has 3 heterocycles. The minimum atomic E-state index is 0.806. The first kappa shape index (κ1) is 17.7. The van der Waals surface area contributed by atoms with E-state index in [2.05, 4.69) is 44.1 Å². The molecule has 2 aromatic rings. The summed E-state index contributed by atoms with van der Waals surface area (Å²) < 4.78 is 7.45. The average molecular weight is 344 g/mol. The fourth-order valence-electron chi connectivity index (χ4n) is 3.01. The van der Waals surface area contributed by atoms with E-state index in [0.29, 0.717) is 0 Å². The van der Waals surface area contributed by atoms with E-state index < -0.39 is 0 Å². The number of rotatable bonds is 6. The molecule has 25 heavy (non-hydrogen) atoms. The number of pyridine rings is 1. The molecule has 0 aromatic carbocycles. The first-order valence-corrected chi connectivity index (χ1v) is 8.94. The monoisotopic (exact) mass is 344 g/mol. The highest BCUT2D eigenvalue weighted by molar-refractivity contribution is 5.79. The minimum absolute atomic E-state index is 0.806. The van der Waals surface area contributed by atoms with Crippen LogP contribution in [0.25, 0.3) is 5.65 Å². The summed E-state index contributed by atoms with van der Waals surface area (Å²) >= 11 is 0. The number of fused-ring (bicyclic) bond motifs is 1. The molecule has 0 aliphatic carbocycles. The van der Waals surface area contributed by atoms with E-state index in [1.165, 1.54) is 5.56 Å². The zero-order chi connectivity index (χ0) is 17.5. The minimum Gasteiger partial charge on any atom is -0.379 e. The lowest BCUT2D eigenvalue weighted by Crippen LogP contribution is -2.44. The lowest BCUT2D eigenvalue weighted by atomic mass is 10.3. The van der Waals surface area contributed by atoms with Crippen molar-refractivity contribution in [1.82, 2.24) is 24.9 Å². The molecule has 7 nitrogen and oxygen atoms in total. The van der Waals surface area contributed by atoms with Gasteiger partial charge in [-0.2, -0.15) is 0 Å². The predicted molar refractivity (Wildman–Crippen MR) is 100 cm³/mol. The average Bonchev–Trinajstić information content (AvgIpc) is 3.06. The van der Waals surface area contributed by atoms with Crippen LogP contribution in [-0.2, 0) is 11.2 Å². The van der Waals surface area contributed by atoms with Gasteiger partial charge in [0.15, 0.2) is 5.96 Å². The number of ether oxygens (including phenoxy) is 1. The summed E-state index contributed by atoms with van der Waals surface area (Å²) in [6.07, 6.45) is 5.00. The van der Waals surface area contributed by atoms with Crippen LogP contribution >= 0.6 is 0 Å². The number of aliphatic imine (C=N–C) groups is 1. The van der Waals surface area contributed by atoms with Crippen molar-refractivity contribution in [2.75, 3.05) is 53.0 Å². The van der Waals surface area contributed by atoms with Crippen LogP contribution in [0.15, 0.2) is 29.5 Å². The molecule has 2 aromatic heterocycles. The quantitative estimate of drug-likeness (QED) is 0.596. The molecule has 1 aliphatic rings.